The van der Waals surface area contributed by atoms with Gasteiger partial charge in [0.25, 0.3) is 0 Å². The third-order valence-corrected chi connectivity index (χ3v) is 5.21. The highest BCUT2D eigenvalue weighted by Gasteiger charge is 2.64. The van der Waals surface area contributed by atoms with Crippen LogP contribution in [0.25, 0.3) is 0 Å². The van der Waals surface area contributed by atoms with Crippen molar-refractivity contribution in [2.24, 2.45) is 0 Å². The lowest BCUT2D eigenvalue weighted by molar-refractivity contribution is -0.158. The average Bonchev–Trinajstić information content (AvgIpc) is 3.24. The fourth-order valence-corrected chi connectivity index (χ4v) is 3.64. The topological polar surface area (TPSA) is 53.4 Å². The van der Waals surface area contributed by atoms with E-state index in [1.807, 2.05) is 0 Å². The Balaban J connectivity index is 1.78. The number of hydrogen-bond donors (Lipinski definition) is 0. The van der Waals surface area contributed by atoms with Crippen molar-refractivity contribution in [2.45, 2.75) is 30.9 Å². The summed E-state index contributed by atoms with van der Waals surface area (Å²) in [6.45, 7) is -0.418. The molecule has 174 valence electrons. The number of hydrogen-bond acceptors (Lipinski definition) is 4. The van der Waals surface area contributed by atoms with Crippen LogP contribution in [0.15, 0.2) is 54.6 Å². The van der Waals surface area contributed by atoms with E-state index in [4.69, 9.17) is 9.47 Å². The molecule has 4 rings (SSSR count). The van der Waals surface area contributed by atoms with Crippen molar-refractivity contribution in [3.8, 4) is 5.75 Å². The van der Waals surface area contributed by atoms with Gasteiger partial charge in [-0.15, -0.1) is 0 Å². The lowest BCUT2D eigenvalue weighted by atomic mass is 10.1. The van der Waals surface area contributed by atoms with Gasteiger partial charge < -0.3 is 9.47 Å². The van der Waals surface area contributed by atoms with Crippen molar-refractivity contribution >= 4 is 5.97 Å². The van der Waals surface area contributed by atoms with Crippen LogP contribution in [0.4, 0.5) is 26.3 Å². The summed E-state index contributed by atoms with van der Waals surface area (Å²) in [5, 5.41) is 3.38. The third kappa shape index (κ3) is 4.03. The first-order valence-corrected chi connectivity index (χ1v) is 9.62. The van der Waals surface area contributed by atoms with Crippen LogP contribution in [0, 0.1) is 0 Å². The number of alkyl halides is 6. The summed E-state index contributed by atoms with van der Waals surface area (Å²) >= 11 is 0. The molecule has 0 bridgehead atoms. The van der Waals surface area contributed by atoms with Gasteiger partial charge in [0.15, 0.2) is 11.8 Å². The lowest BCUT2D eigenvalue weighted by Gasteiger charge is -2.22. The van der Waals surface area contributed by atoms with Crippen LogP contribution in [-0.2, 0) is 17.5 Å². The molecule has 2 atom stereocenters. The van der Waals surface area contributed by atoms with Crippen molar-refractivity contribution in [2.75, 3.05) is 7.11 Å². The molecule has 1 aliphatic rings. The molecular weight excluding hydrogens is 454 g/mol. The van der Waals surface area contributed by atoms with Crippen molar-refractivity contribution in [3.05, 3.63) is 82.7 Å². The fourth-order valence-electron chi connectivity index (χ4n) is 3.64. The molecule has 0 radical (unpaired) electrons. The zero-order valence-corrected chi connectivity index (χ0v) is 16.9. The van der Waals surface area contributed by atoms with E-state index in [1.54, 1.807) is 6.07 Å². The summed E-state index contributed by atoms with van der Waals surface area (Å²) in [4.78, 5) is 12.3. The third-order valence-electron chi connectivity index (χ3n) is 5.21. The van der Waals surface area contributed by atoms with Crippen LogP contribution in [0.2, 0.25) is 0 Å². The largest absolute Gasteiger partial charge is 0.497 e. The summed E-state index contributed by atoms with van der Waals surface area (Å²) in [5.41, 5.74) is -3.69. The van der Waals surface area contributed by atoms with Gasteiger partial charge in [-0.25, -0.2) is 9.18 Å². The minimum atomic E-state index is -5.19. The molecule has 0 saturated heterocycles. The fraction of sp³-hybridized carbons (Fsp3) is 0.273. The Kier molecular flexibility index (Phi) is 5.59. The van der Waals surface area contributed by atoms with Crippen LogP contribution in [0.3, 0.4) is 0 Å². The number of aromatic nitrogens is 2. The molecule has 3 aromatic rings. The number of methoxy groups -OCH3 is 1. The average molecular weight is 470 g/mol. The highest BCUT2D eigenvalue weighted by molar-refractivity contribution is 5.89. The smallest absolute Gasteiger partial charge is 0.435 e. The highest BCUT2D eigenvalue weighted by atomic mass is 19.4. The zero-order valence-electron chi connectivity index (χ0n) is 16.9. The van der Waals surface area contributed by atoms with Crippen LogP contribution in [0.1, 0.15) is 45.1 Å². The van der Waals surface area contributed by atoms with Crippen molar-refractivity contribution in [1.29, 1.82) is 0 Å². The summed E-state index contributed by atoms with van der Waals surface area (Å²) in [6, 6.07) is 12.8. The van der Waals surface area contributed by atoms with E-state index in [0.717, 1.165) is 0 Å². The maximum atomic E-state index is 14.9. The number of esters is 1. The maximum absolute atomic E-state index is 14.9. The Labute approximate surface area is 183 Å². The molecule has 0 amide bonds. The Morgan fingerprint density at radius 2 is 1.73 bits per heavy atom. The van der Waals surface area contributed by atoms with Gasteiger partial charge >= 0.3 is 18.1 Å². The number of fused-ring (bicyclic) bond motifs is 1. The van der Waals surface area contributed by atoms with E-state index >= 15 is 0 Å². The molecule has 0 fully saturated rings. The number of carbonyl (C=O) groups excluding carboxylic acids is 1. The van der Waals surface area contributed by atoms with Gasteiger partial charge in [-0.05, 0) is 29.8 Å². The van der Waals surface area contributed by atoms with E-state index < -0.39 is 53.8 Å². The Morgan fingerprint density at radius 1 is 1.09 bits per heavy atom. The normalized spacial score (nSPS) is 19.2. The van der Waals surface area contributed by atoms with Crippen molar-refractivity contribution in [1.82, 2.24) is 9.78 Å². The second-order valence-electron chi connectivity index (χ2n) is 7.34. The maximum Gasteiger partial charge on any atom is 0.435 e. The zero-order chi connectivity index (χ0) is 24.0. The molecule has 5 nitrogen and oxygen atoms in total. The molecule has 2 aromatic carbocycles. The number of ether oxygens (including phenoxy) is 2. The van der Waals surface area contributed by atoms with Gasteiger partial charge in [0.2, 0.25) is 6.17 Å². The monoisotopic (exact) mass is 470 g/mol. The first kappa shape index (κ1) is 22.7. The van der Waals surface area contributed by atoms with Crippen molar-refractivity contribution in [3.63, 3.8) is 0 Å². The number of halogens is 6. The molecule has 0 aliphatic heterocycles. The molecule has 11 heteroatoms. The molecule has 1 aliphatic carbocycles. The summed E-state index contributed by atoms with van der Waals surface area (Å²) in [7, 11) is 1.41. The standard InChI is InChI=1S/C22H16F6N2O3/c1-32-14-9-7-12(8-10-14)11-30-16-15(18(29-30)22(26,27)28)19(21(24,25)17(16)23)33-20(31)13-5-3-2-4-6-13/h2-10,17,19H,11H2,1H3/t17?,19-/m0/s1. The molecule has 1 aromatic heterocycles. The van der Waals surface area contributed by atoms with Crippen LogP contribution in [-0.4, -0.2) is 28.8 Å². The minimum absolute atomic E-state index is 0.170. The molecule has 0 spiro atoms. The Morgan fingerprint density at radius 3 is 2.30 bits per heavy atom. The van der Waals surface area contributed by atoms with Crippen LogP contribution in [0.5, 0.6) is 5.75 Å². The highest BCUT2D eigenvalue weighted by Crippen LogP contribution is 2.57. The summed E-state index contributed by atoms with van der Waals surface area (Å²) in [5.74, 6) is -5.28. The van der Waals surface area contributed by atoms with Gasteiger partial charge in [0.05, 0.1) is 30.5 Å². The summed E-state index contributed by atoms with van der Waals surface area (Å²) in [6.07, 6.45) is -11.1. The van der Waals surface area contributed by atoms with E-state index in [2.05, 4.69) is 5.10 Å². The molecule has 33 heavy (non-hydrogen) atoms. The molecular formula is C22H16F6N2O3. The lowest BCUT2D eigenvalue weighted by Crippen LogP contribution is -2.30. The molecule has 0 saturated carbocycles. The van der Waals surface area contributed by atoms with E-state index in [-0.39, 0.29) is 5.56 Å². The first-order valence-electron chi connectivity index (χ1n) is 9.62. The summed E-state index contributed by atoms with van der Waals surface area (Å²) < 4.78 is 95.9. The Bertz CT molecular complexity index is 1160. The van der Waals surface area contributed by atoms with E-state index in [9.17, 15) is 31.1 Å². The van der Waals surface area contributed by atoms with Gasteiger partial charge in [0.1, 0.15) is 5.75 Å². The van der Waals surface area contributed by atoms with Gasteiger partial charge in [0, 0.05) is 0 Å². The number of nitrogens with zero attached hydrogens (tertiary/aromatic N) is 2. The van der Waals surface area contributed by atoms with Crippen LogP contribution < -0.4 is 4.74 Å². The second kappa shape index (κ2) is 8.13. The molecule has 1 unspecified atom stereocenters. The predicted octanol–water partition coefficient (Wildman–Crippen LogP) is 5.52. The number of benzene rings is 2. The number of rotatable bonds is 5. The molecule has 0 N–H and O–H groups in total. The van der Waals surface area contributed by atoms with Gasteiger partial charge in [-0.3, -0.25) is 4.68 Å². The van der Waals surface area contributed by atoms with Crippen molar-refractivity contribution < 1.29 is 40.6 Å². The van der Waals surface area contributed by atoms with Crippen LogP contribution >= 0.6 is 0 Å². The second-order valence-corrected chi connectivity index (χ2v) is 7.34. The van der Waals surface area contributed by atoms with E-state index in [1.165, 1.54) is 55.6 Å². The minimum Gasteiger partial charge on any atom is -0.497 e. The number of carbonyl (C=O) groups is 1. The van der Waals surface area contributed by atoms with Gasteiger partial charge in [-0.2, -0.15) is 27.1 Å². The van der Waals surface area contributed by atoms with Gasteiger partial charge in [-0.1, -0.05) is 30.3 Å². The first-order chi connectivity index (χ1) is 15.5. The predicted molar refractivity (Wildman–Crippen MR) is 103 cm³/mol. The Hall–Kier alpha value is -3.50. The molecule has 1 heterocycles. The van der Waals surface area contributed by atoms with E-state index in [0.29, 0.717) is 16.0 Å². The SMILES string of the molecule is COc1ccc(Cn2nc(C(F)(F)F)c3c2C(F)C(F)(F)[C@H]3OC(=O)c2ccccc2)cc1. The quantitative estimate of drug-likeness (QED) is 0.364.